The molecule has 0 aromatic heterocycles. The van der Waals surface area contributed by atoms with Gasteiger partial charge in [-0.05, 0) is 72.7 Å². The van der Waals surface area contributed by atoms with Crippen molar-refractivity contribution in [2.24, 2.45) is 0 Å². The summed E-state index contributed by atoms with van der Waals surface area (Å²) < 4.78 is 22.6. The lowest BCUT2D eigenvalue weighted by Crippen LogP contribution is -2.40. The van der Waals surface area contributed by atoms with Crippen molar-refractivity contribution < 1.29 is 33.6 Å². The molecule has 1 atom stereocenters. The molecule has 4 rings (SSSR count). The standard InChI is InChI=1S/C39H53N3O7/c1-3-36(31-10-6-4-7-11-31)39(32-12-8-5-9-13-32)33-14-16-35(17-15-33)49-23-21-41(2)20-22-46-24-25-47-26-27-48-30-37(44)40-28-38(45)42-19-18-34(43)29-42/h4,6-8,10-17,34,43H,3,5,9,18-30H2,1-2H3,(H,40,44)/b39-36-/t34-/m1/s1. The number of likely N-dealkylation sites (tertiary alicyclic amines) is 1. The van der Waals surface area contributed by atoms with Crippen molar-refractivity contribution in [3.05, 3.63) is 89.5 Å². The van der Waals surface area contributed by atoms with Crippen molar-refractivity contribution >= 4 is 23.0 Å². The van der Waals surface area contributed by atoms with Crippen LogP contribution in [0.25, 0.3) is 11.1 Å². The second kappa shape index (κ2) is 21.3. The van der Waals surface area contributed by atoms with Gasteiger partial charge in [-0.1, -0.05) is 67.6 Å². The molecule has 1 aliphatic heterocycles. The Morgan fingerprint density at radius 2 is 1.61 bits per heavy atom. The molecule has 1 fully saturated rings. The van der Waals surface area contributed by atoms with Crippen LogP contribution in [0.4, 0.5) is 0 Å². The molecule has 10 heteroatoms. The first-order valence-corrected chi connectivity index (χ1v) is 17.5. The number of aliphatic hydroxyl groups excluding tert-OH is 1. The second-order valence-corrected chi connectivity index (χ2v) is 12.2. The number of benzene rings is 2. The van der Waals surface area contributed by atoms with Crippen molar-refractivity contribution in [3.8, 4) is 5.75 Å². The van der Waals surface area contributed by atoms with Gasteiger partial charge >= 0.3 is 0 Å². The molecule has 10 nitrogen and oxygen atoms in total. The summed E-state index contributed by atoms with van der Waals surface area (Å²) in [6.07, 6.45) is 10.1. The van der Waals surface area contributed by atoms with Crippen LogP contribution in [-0.2, 0) is 23.8 Å². The zero-order valence-electron chi connectivity index (χ0n) is 29.1. The first-order chi connectivity index (χ1) is 23.9. The normalized spacial score (nSPS) is 16.4. The lowest BCUT2D eigenvalue weighted by Gasteiger charge is -2.19. The van der Waals surface area contributed by atoms with Gasteiger partial charge in [-0.15, -0.1) is 0 Å². The lowest BCUT2D eigenvalue weighted by atomic mass is 9.86. The third-order valence-corrected chi connectivity index (χ3v) is 8.49. The minimum absolute atomic E-state index is 0.0929. The first kappa shape index (κ1) is 38.0. The fraction of sp³-hybridized carbons (Fsp3) is 0.487. The van der Waals surface area contributed by atoms with Crippen molar-refractivity contribution in [1.29, 1.82) is 0 Å². The van der Waals surface area contributed by atoms with E-state index in [-0.39, 0.29) is 31.6 Å². The number of rotatable bonds is 21. The van der Waals surface area contributed by atoms with Crippen LogP contribution in [0.1, 0.15) is 43.7 Å². The molecule has 2 aromatic carbocycles. The summed E-state index contributed by atoms with van der Waals surface area (Å²) in [6.45, 7) is 7.07. The molecule has 49 heavy (non-hydrogen) atoms. The van der Waals surface area contributed by atoms with Gasteiger partial charge in [-0.2, -0.15) is 0 Å². The van der Waals surface area contributed by atoms with Crippen LogP contribution in [0, 0.1) is 0 Å². The molecule has 2 amide bonds. The molecule has 1 heterocycles. The van der Waals surface area contributed by atoms with Crippen molar-refractivity contribution in [1.82, 2.24) is 15.1 Å². The number of carbonyl (C=O) groups excluding carboxylic acids is 2. The number of allylic oxidation sites excluding steroid dienone is 6. The molecule has 2 aromatic rings. The summed E-state index contributed by atoms with van der Waals surface area (Å²) >= 11 is 0. The highest BCUT2D eigenvalue weighted by Crippen LogP contribution is 2.37. The highest BCUT2D eigenvalue weighted by atomic mass is 16.5. The number of hydrogen-bond acceptors (Lipinski definition) is 8. The SMILES string of the molecule is CC/C(=C(\C1=CCCC=C1)c1ccc(OCCN(C)CCOCCOCCOCC(=O)NCC(=O)N2CC[C@@H](O)C2)cc1)c1ccccc1. The smallest absolute Gasteiger partial charge is 0.246 e. The topological polar surface area (TPSA) is 110 Å². The average molecular weight is 676 g/mol. The van der Waals surface area contributed by atoms with Gasteiger partial charge in [0.05, 0.1) is 45.7 Å². The monoisotopic (exact) mass is 675 g/mol. The van der Waals surface area contributed by atoms with E-state index in [9.17, 15) is 14.7 Å². The number of aliphatic hydroxyl groups is 1. The fourth-order valence-corrected chi connectivity index (χ4v) is 5.76. The number of β-amino-alcohol motifs (C(OH)–C–C–N with tert-alkyl or cyclic N) is 1. The van der Waals surface area contributed by atoms with Crippen LogP contribution in [0.2, 0.25) is 0 Å². The van der Waals surface area contributed by atoms with Gasteiger partial charge in [0.15, 0.2) is 0 Å². The molecule has 0 unspecified atom stereocenters. The Morgan fingerprint density at radius 3 is 2.29 bits per heavy atom. The maximum atomic E-state index is 12.0. The Labute approximate surface area is 291 Å². The van der Waals surface area contributed by atoms with Gasteiger partial charge in [0.1, 0.15) is 19.0 Å². The number of hydrogen-bond donors (Lipinski definition) is 2. The van der Waals surface area contributed by atoms with Crippen molar-refractivity contribution in [3.63, 3.8) is 0 Å². The Kier molecular flexibility index (Phi) is 16.5. The number of amides is 2. The van der Waals surface area contributed by atoms with E-state index in [1.54, 1.807) is 4.90 Å². The van der Waals surface area contributed by atoms with Crippen LogP contribution in [0.5, 0.6) is 5.75 Å². The van der Waals surface area contributed by atoms with E-state index in [0.717, 1.165) is 38.1 Å². The molecule has 0 saturated carbocycles. The van der Waals surface area contributed by atoms with Crippen LogP contribution < -0.4 is 10.1 Å². The molecule has 1 aliphatic carbocycles. The summed E-state index contributed by atoms with van der Waals surface area (Å²) in [5, 5.41) is 12.0. The zero-order valence-corrected chi connectivity index (χ0v) is 29.1. The van der Waals surface area contributed by atoms with Gasteiger partial charge < -0.3 is 39.2 Å². The summed E-state index contributed by atoms with van der Waals surface area (Å²) in [4.78, 5) is 27.6. The van der Waals surface area contributed by atoms with Crippen LogP contribution in [-0.4, -0.2) is 119 Å². The Morgan fingerprint density at radius 1 is 0.898 bits per heavy atom. The van der Waals surface area contributed by atoms with Crippen molar-refractivity contribution in [2.75, 3.05) is 86.0 Å². The number of carbonyl (C=O) groups is 2. The van der Waals surface area contributed by atoms with Gasteiger partial charge in [-0.3, -0.25) is 9.59 Å². The maximum absolute atomic E-state index is 12.0. The van der Waals surface area contributed by atoms with E-state index in [1.807, 2.05) is 7.05 Å². The molecule has 0 bridgehead atoms. The molecule has 2 N–H and O–H groups in total. The minimum atomic E-state index is -0.477. The van der Waals surface area contributed by atoms with Crippen molar-refractivity contribution in [2.45, 2.75) is 38.7 Å². The quantitative estimate of drug-likeness (QED) is 0.149. The Balaban J connectivity index is 1.05. The van der Waals surface area contributed by atoms with E-state index < -0.39 is 6.10 Å². The molecule has 2 aliphatic rings. The lowest BCUT2D eigenvalue weighted by molar-refractivity contribution is -0.133. The first-order valence-electron chi connectivity index (χ1n) is 17.5. The summed E-state index contributed by atoms with van der Waals surface area (Å²) in [5.41, 5.74) is 6.39. The molecule has 266 valence electrons. The van der Waals surface area contributed by atoms with E-state index in [4.69, 9.17) is 18.9 Å². The average Bonchev–Trinajstić information content (AvgIpc) is 3.57. The molecule has 0 radical (unpaired) electrons. The van der Waals surface area contributed by atoms with E-state index in [2.05, 4.69) is 90.0 Å². The van der Waals surface area contributed by atoms with E-state index in [1.165, 1.54) is 27.8 Å². The predicted octanol–water partition coefficient (Wildman–Crippen LogP) is 4.35. The Bertz CT molecular complexity index is 1390. The summed E-state index contributed by atoms with van der Waals surface area (Å²) in [7, 11) is 2.05. The molecule has 0 spiro atoms. The number of likely N-dealkylation sites (N-methyl/N-ethyl adjacent to an activating group) is 1. The zero-order chi connectivity index (χ0) is 34.7. The van der Waals surface area contributed by atoms with Gasteiger partial charge in [-0.25, -0.2) is 0 Å². The third kappa shape index (κ3) is 13.2. The van der Waals surface area contributed by atoms with E-state index >= 15 is 0 Å². The third-order valence-electron chi connectivity index (χ3n) is 8.49. The van der Waals surface area contributed by atoms with Crippen LogP contribution in [0.3, 0.4) is 0 Å². The highest BCUT2D eigenvalue weighted by Gasteiger charge is 2.24. The Hall–Kier alpha value is -3.80. The van der Waals surface area contributed by atoms with Gasteiger partial charge in [0.2, 0.25) is 11.8 Å². The van der Waals surface area contributed by atoms with Gasteiger partial charge in [0, 0.05) is 26.2 Å². The summed E-state index contributed by atoms with van der Waals surface area (Å²) in [5.74, 6) is 0.294. The van der Waals surface area contributed by atoms with E-state index in [0.29, 0.717) is 52.5 Å². The number of ether oxygens (including phenoxy) is 4. The maximum Gasteiger partial charge on any atom is 0.246 e. The molecular weight excluding hydrogens is 622 g/mol. The second-order valence-electron chi connectivity index (χ2n) is 12.2. The number of nitrogens with one attached hydrogen (secondary N) is 1. The molecule has 1 saturated heterocycles. The predicted molar refractivity (Wildman–Crippen MR) is 192 cm³/mol. The fourth-order valence-electron chi connectivity index (χ4n) is 5.76. The summed E-state index contributed by atoms with van der Waals surface area (Å²) in [6, 6.07) is 19.1. The van der Waals surface area contributed by atoms with Gasteiger partial charge in [0.25, 0.3) is 0 Å². The minimum Gasteiger partial charge on any atom is -0.492 e. The van der Waals surface area contributed by atoms with Crippen LogP contribution in [0.15, 0.2) is 78.4 Å². The van der Waals surface area contributed by atoms with Crippen LogP contribution >= 0.6 is 0 Å². The highest BCUT2D eigenvalue weighted by molar-refractivity contribution is 5.99. The largest absolute Gasteiger partial charge is 0.492 e. The molecular formula is C39H53N3O7. The number of nitrogens with zero attached hydrogens (tertiary/aromatic N) is 2.